The molecule has 0 atom stereocenters. The van der Waals surface area contributed by atoms with E-state index in [1.54, 1.807) is 30.3 Å². The Hall–Kier alpha value is -6.56. The van der Waals surface area contributed by atoms with Crippen LogP contribution in [0.2, 0.25) is 0 Å². The highest BCUT2D eigenvalue weighted by Crippen LogP contribution is 2.60. The number of fused-ring (bicyclic) bond motifs is 5. The molecule has 0 aliphatic rings. The minimum absolute atomic E-state index is 0.0766. The summed E-state index contributed by atoms with van der Waals surface area (Å²) in [5.74, 6) is -9.71. The van der Waals surface area contributed by atoms with E-state index in [0.29, 0.717) is 11.1 Å². The molecule has 12 heteroatoms. The van der Waals surface area contributed by atoms with Crippen LogP contribution in [0.15, 0.2) is 59.0 Å². The molecule has 0 radical (unpaired) electrons. The molecule has 11 N–H and O–H groups in total. The van der Waals surface area contributed by atoms with E-state index in [4.69, 9.17) is 4.42 Å². The Morgan fingerprint density at radius 2 is 0.773 bits per heavy atom. The van der Waals surface area contributed by atoms with Crippen molar-refractivity contribution in [2.75, 3.05) is 0 Å². The normalized spacial score (nSPS) is 11.7. The van der Waals surface area contributed by atoms with Gasteiger partial charge in [-0.3, -0.25) is 0 Å². The smallest absolute Gasteiger partial charge is 0.208 e. The highest BCUT2D eigenvalue weighted by Gasteiger charge is 2.33. The third kappa shape index (κ3) is 3.27. The van der Waals surface area contributed by atoms with E-state index in [2.05, 4.69) is 0 Å². The summed E-state index contributed by atoms with van der Waals surface area (Å²) in [6.07, 6.45) is 0. The van der Waals surface area contributed by atoms with Crippen LogP contribution in [0.5, 0.6) is 63.2 Å². The lowest BCUT2D eigenvalue weighted by atomic mass is 9.83. The number of phenols is 11. The van der Waals surface area contributed by atoms with Gasteiger partial charge in [0.05, 0.1) is 5.39 Å². The van der Waals surface area contributed by atoms with Crippen LogP contribution in [0.25, 0.3) is 65.7 Å². The number of hydrogen-bond donors (Lipinski definition) is 11. The molecule has 220 valence electrons. The van der Waals surface area contributed by atoms with Crippen LogP contribution in [0.1, 0.15) is 0 Å². The van der Waals surface area contributed by atoms with Gasteiger partial charge in [-0.1, -0.05) is 30.3 Å². The molecule has 0 aliphatic heterocycles. The van der Waals surface area contributed by atoms with Crippen molar-refractivity contribution >= 4 is 43.5 Å². The van der Waals surface area contributed by atoms with Gasteiger partial charge < -0.3 is 60.6 Å². The molecular weight excluding hydrogens is 576 g/mol. The molecule has 7 aromatic rings. The highest BCUT2D eigenvalue weighted by molar-refractivity contribution is 6.29. The zero-order valence-electron chi connectivity index (χ0n) is 22.0. The zero-order valence-corrected chi connectivity index (χ0v) is 22.0. The van der Waals surface area contributed by atoms with E-state index in [9.17, 15) is 56.2 Å². The lowest BCUT2D eigenvalue weighted by Gasteiger charge is -2.20. The maximum Gasteiger partial charge on any atom is 0.208 e. The van der Waals surface area contributed by atoms with Crippen molar-refractivity contribution in [3.63, 3.8) is 0 Å². The second-order valence-corrected chi connectivity index (χ2v) is 10.2. The molecule has 1 heterocycles. The van der Waals surface area contributed by atoms with Gasteiger partial charge in [-0.25, -0.2) is 0 Å². The minimum atomic E-state index is -1.16. The van der Waals surface area contributed by atoms with Crippen LogP contribution in [0.3, 0.4) is 0 Å². The lowest BCUT2D eigenvalue weighted by molar-refractivity contribution is 0.347. The van der Waals surface area contributed by atoms with Crippen LogP contribution in [-0.2, 0) is 0 Å². The van der Waals surface area contributed by atoms with Gasteiger partial charge >= 0.3 is 0 Å². The summed E-state index contributed by atoms with van der Waals surface area (Å²) in [6.45, 7) is 0. The molecule has 0 fully saturated rings. The first-order valence-electron chi connectivity index (χ1n) is 12.8. The Morgan fingerprint density at radius 3 is 1.27 bits per heavy atom. The number of phenolic OH excluding ortho intramolecular Hbond substituents is 11. The molecule has 0 amide bonds. The first-order valence-corrected chi connectivity index (χ1v) is 12.8. The summed E-state index contributed by atoms with van der Waals surface area (Å²) in [4.78, 5) is 0. The average molecular weight is 597 g/mol. The largest absolute Gasteiger partial charge is 0.504 e. The fraction of sp³-hybridized carbons (Fsp3) is 0. The Bertz CT molecular complexity index is 2320. The molecule has 12 nitrogen and oxygen atoms in total. The van der Waals surface area contributed by atoms with Gasteiger partial charge in [-0.15, -0.1) is 0 Å². The van der Waals surface area contributed by atoms with Gasteiger partial charge in [0.1, 0.15) is 0 Å². The molecule has 0 bridgehead atoms. The summed E-state index contributed by atoms with van der Waals surface area (Å²) in [5.41, 5.74) is -0.691. The second kappa shape index (κ2) is 8.72. The second-order valence-electron chi connectivity index (χ2n) is 10.2. The third-order valence-electron chi connectivity index (χ3n) is 7.80. The van der Waals surface area contributed by atoms with Crippen molar-refractivity contribution in [2.45, 2.75) is 0 Å². The van der Waals surface area contributed by atoms with Crippen molar-refractivity contribution in [3.05, 3.63) is 54.6 Å². The fourth-order valence-corrected chi connectivity index (χ4v) is 5.84. The lowest BCUT2D eigenvalue weighted by Crippen LogP contribution is -1.93. The average Bonchev–Trinajstić information content (AvgIpc) is 3.40. The molecule has 6 aromatic carbocycles. The standard InChI is InChI=1S/C32H20O12/c33-15-6-11-13(8-17(15)35)20(14-9-18(36)16(34)7-12(14)19(11)10-4-2-1-3-5-10)21-22-23-25(38)26(39)28(41)30(43)32(23)44-31(22)29(42)27(40)24(21)37/h1-9,33-43H. The summed E-state index contributed by atoms with van der Waals surface area (Å²) in [6, 6.07) is 13.5. The van der Waals surface area contributed by atoms with E-state index < -0.39 is 85.4 Å². The fourth-order valence-electron chi connectivity index (χ4n) is 5.84. The van der Waals surface area contributed by atoms with Gasteiger partial charge in [0.25, 0.3) is 0 Å². The number of benzene rings is 6. The van der Waals surface area contributed by atoms with Gasteiger partial charge in [0.2, 0.25) is 28.7 Å². The summed E-state index contributed by atoms with van der Waals surface area (Å²) < 4.78 is 5.55. The topological polar surface area (TPSA) is 236 Å². The summed E-state index contributed by atoms with van der Waals surface area (Å²) in [7, 11) is 0. The van der Waals surface area contributed by atoms with Crippen molar-refractivity contribution in [3.8, 4) is 85.5 Å². The van der Waals surface area contributed by atoms with Gasteiger partial charge in [-0.2, -0.15) is 0 Å². The molecule has 1 aromatic heterocycles. The van der Waals surface area contributed by atoms with E-state index in [1.165, 1.54) is 12.1 Å². The Balaban J connectivity index is 1.84. The molecular formula is C32H20O12. The number of rotatable bonds is 2. The van der Waals surface area contributed by atoms with E-state index >= 15 is 0 Å². The molecule has 44 heavy (non-hydrogen) atoms. The minimum Gasteiger partial charge on any atom is -0.504 e. The van der Waals surface area contributed by atoms with Crippen molar-refractivity contribution in [1.82, 2.24) is 0 Å². The third-order valence-corrected chi connectivity index (χ3v) is 7.80. The number of furan rings is 1. The predicted molar refractivity (Wildman–Crippen MR) is 158 cm³/mol. The first-order chi connectivity index (χ1) is 20.9. The molecule has 0 unspecified atom stereocenters. The van der Waals surface area contributed by atoms with Gasteiger partial charge in [-0.05, 0) is 56.9 Å². The predicted octanol–water partition coefficient (Wildman–Crippen LogP) is 5.99. The van der Waals surface area contributed by atoms with Crippen LogP contribution >= 0.6 is 0 Å². The van der Waals surface area contributed by atoms with E-state index in [0.717, 1.165) is 12.1 Å². The van der Waals surface area contributed by atoms with Crippen molar-refractivity contribution < 1.29 is 60.6 Å². The SMILES string of the molecule is Oc1cc2c(-c3ccccc3)c3cc(O)c(O)cc3c(-c3c(O)c(O)c(O)c4oc5c(O)c(O)c(O)c(O)c5c34)c2cc1O. The molecule has 0 saturated carbocycles. The van der Waals surface area contributed by atoms with Crippen molar-refractivity contribution in [1.29, 1.82) is 0 Å². The zero-order chi connectivity index (χ0) is 31.4. The number of hydrogen-bond acceptors (Lipinski definition) is 12. The Morgan fingerprint density at radius 1 is 0.364 bits per heavy atom. The molecule has 0 spiro atoms. The van der Waals surface area contributed by atoms with Crippen LogP contribution in [0, 0.1) is 0 Å². The quantitative estimate of drug-likeness (QED) is 0.0627. The maximum atomic E-state index is 11.4. The maximum absolute atomic E-state index is 11.4. The first kappa shape index (κ1) is 26.3. The monoisotopic (exact) mass is 596 g/mol. The van der Waals surface area contributed by atoms with Crippen LogP contribution in [-0.4, -0.2) is 56.2 Å². The Labute approximate surface area is 244 Å². The number of aromatic hydroxyl groups is 11. The van der Waals surface area contributed by atoms with Crippen LogP contribution in [0.4, 0.5) is 0 Å². The molecule has 0 aliphatic carbocycles. The van der Waals surface area contributed by atoms with Gasteiger partial charge in [0.15, 0.2) is 45.7 Å². The van der Waals surface area contributed by atoms with E-state index in [1.807, 2.05) is 0 Å². The van der Waals surface area contributed by atoms with Crippen LogP contribution < -0.4 is 0 Å². The molecule has 7 rings (SSSR count). The summed E-state index contributed by atoms with van der Waals surface area (Å²) in [5, 5.41) is 117. The van der Waals surface area contributed by atoms with Gasteiger partial charge in [0, 0.05) is 16.5 Å². The summed E-state index contributed by atoms with van der Waals surface area (Å²) >= 11 is 0. The van der Waals surface area contributed by atoms with Crippen molar-refractivity contribution in [2.24, 2.45) is 0 Å². The Kier molecular flexibility index (Phi) is 5.22. The highest BCUT2D eigenvalue weighted by atomic mass is 16.4. The molecule has 0 saturated heterocycles. The van der Waals surface area contributed by atoms with E-state index in [-0.39, 0.29) is 32.5 Å².